The van der Waals surface area contributed by atoms with Crippen molar-refractivity contribution >= 4 is 5.91 Å². The van der Waals surface area contributed by atoms with Crippen LogP contribution in [0.25, 0.3) is 0 Å². The number of hydrogen-bond acceptors (Lipinski definition) is 2. The smallest absolute Gasteiger partial charge is 0.239 e. The fraction of sp³-hybridized carbons (Fsp3) is 0.929. The van der Waals surface area contributed by atoms with Crippen LogP contribution in [0.2, 0.25) is 0 Å². The molecule has 1 unspecified atom stereocenters. The summed E-state index contributed by atoms with van der Waals surface area (Å²) in [4.78, 5) is 14.3. The predicted octanol–water partition coefficient (Wildman–Crippen LogP) is 2.17. The Balaban J connectivity index is 1.80. The lowest BCUT2D eigenvalue weighted by Crippen LogP contribution is -2.45. The minimum absolute atomic E-state index is 0.0869. The molecule has 0 aromatic carbocycles. The SMILES string of the molecule is CN(CC1CCCC1)C(=O)C1CCCCCN1. The molecule has 2 rings (SSSR count). The average molecular weight is 238 g/mol. The fourth-order valence-corrected chi connectivity index (χ4v) is 3.18. The zero-order chi connectivity index (χ0) is 12.1. The summed E-state index contributed by atoms with van der Waals surface area (Å²) >= 11 is 0. The van der Waals surface area contributed by atoms with Crippen molar-refractivity contribution in [3.63, 3.8) is 0 Å². The van der Waals surface area contributed by atoms with E-state index >= 15 is 0 Å². The molecule has 3 heteroatoms. The number of likely N-dealkylation sites (N-methyl/N-ethyl adjacent to an activating group) is 1. The molecule has 0 radical (unpaired) electrons. The second-order valence-corrected chi connectivity index (χ2v) is 5.73. The van der Waals surface area contributed by atoms with Crippen LogP contribution in [0.4, 0.5) is 0 Å². The molecule has 0 spiro atoms. The van der Waals surface area contributed by atoms with Crippen LogP contribution in [-0.4, -0.2) is 37.0 Å². The summed E-state index contributed by atoms with van der Waals surface area (Å²) in [5.74, 6) is 1.08. The zero-order valence-electron chi connectivity index (χ0n) is 11.1. The van der Waals surface area contributed by atoms with E-state index in [0.29, 0.717) is 5.91 Å². The number of amides is 1. The van der Waals surface area contributed by atoms with E-state index in [1.165, 1.54) is 44.9 Å². The van der Waals surface area contributed by atoms with Crippen molar-refractivity contribution in [1.29, 1.82) is 0 Å². The van der Waals surface area contributed by atoms with E-state index in [2.05, 4.69) is 5.32 Å². The maximum absolute atomic E-state index is 12.3. The first kappa shape index (κ1) is 12.9. The molecular formula is C14H26N2O. The molecule has 2 fully saturated rings. The molecule has 1 aliphatic heterocycles. The standard InChI is InChI=1S/C14H26N2O/c1-16(11-12-7-4-5-8-12)14(17)13-9-3-2-6-10-15-13/h12-13,15H,2-11H2,1H3. The molecule has 0 bridgehead atoms. The third-order valence-electron chi connectivity index (χ3n) is 4.24. The largest absolute Gasteiger partial charge is 0.344 e. The lowest BCUT2D eigenvalue weighted by atomic mass is 10.1. The van der Waals surface area contributed by atoms with Gasteiger partial charge in [0.2, 0.25) is 5.91 Å². The second kappa shape index (κ2) is 6.39. The van der Waals surface area contributed by atoms with E-state index in [0.717, 1.165) is 25.4 Å². The van der Waals surface area contributed by atoms with Crippen LogP contribution in [0.3, 0.4) is 0 Å². The van der Waals surface area contributed by atoms with Gasteiger partial charge in [0.1, 0.15) is 0 Å². The highest BCUT2D eigenvalue weighted by Gasteiger charge is 2.25. The minimum atomic E-state index is 0.0869. The van der Waals surface area contributed by atoms with Gasteiger partial charge in [-0.3, -0.25) is 4.79 Å². The molecule has 0 aromatic heterocycles. The van der Waals surface area contributed by atoms with Crippen LogP contribution in [0.15, 0.2) is 0 Å². The Labute approximate surface area is 105 Å². The van der Waals surface area contributed by atoms with Gasteiger partial charge in [-0.2, -0.15) is 0 Å². The van der Waals surface area contributed by atoms with Gasteiger partial charge in [0, 0.05) is 13.6 Å². The van der Waals surface area contributed by atoms with Crippen molar-refractivity contribution < 1.29 is 4.79 Å². The number of carbonyl (C=O) groups excluding carboxylic acids is 1. The summed E-state index contributed by atoms with van der Waals surface area (Å²) < 4.78 is 0. The van der Waals surface area contributed by atoms with Crippen LogP contribution < -0.4 is 5.32 Å². The molecule has 1 amide bonds. The van der Waals surface area contributed by atoms with Crippen LogP contribution in [0, 0.1) is 5.92 Å². The Kier molecular flexibility index (Phi) is 4.84. The van der Waals surface area contributed by atoms with Gasteiger partial charge in [0.15, 0.2) is 0 Å². The zero-order valence-corrected chi connectivity index (χ0v) is 11.1. The first-order valence-electron chi connectivity index (χ1n) is 7.26. The minimum Gasteiger partial charge on any atom is -0.344 e. The van der Waals surface area contributed by atoms with Gasteiger partial charge in [0.05, 0.1) is 6.04 Å². The molecule has 3 nitrogen and oxygen atoms in total. The summed E-state index contributed by atoms with van der Waals surface area (Å²) in [6.07, 6.45) is 10.0. The maximum Gasteiger partial charge on any atom is 0.239 e. The summed E-state index contributed by atoms with van der Waals surface area (Å²) in [6.45, 7) is 1.98. The van der Waals surface area contributed by atoms with E-state index < -0.39 is 0 Å². The van der Waals surface area contributed by atoms with Crippen LogP contribution in [-0.2, 0) is 4.79 Å². The molecule has 1 heterocycles. The van der Waals surface area contributed by atoms with Crippen molar-refractivity contribution in [1.82, 2.24) is 10.2 Å². The van der Waals surface area contributed by atoms with Crippen molar-refractivity contribution in [2.24, 2.45) is 5.92 Å². The molecule has 1 aliphatic carbocycles. The quantitative estimate of drug-likeness (QED) is 0.817. The van der Waals surface area contributed by atoms with Gasteiger partial charge in [-0.05, 0) is 38.1 Å². The summed E-state index contributed by atoms with van der Waals surface area (Å²) in [6, 6.07) is 0.0869. The third-order valence-corrected chi connectivity index (χ3v) is 4.24. The van der Waals surface area contributed by atoms with Crippen LogP contribution in [0.1, 0.15) is 51.4 Å². The predicted molar refractivity (Wildman–Crippen MR) is 69.9 cm³/mol. The number of nitrogens with zero attached hydrogens (tertiary/aromatic N) is 1. The van der Waals surface area contributed by atoms with Gasteiger partial charge in [-0.1, -0.05) is 25.7 Å². The van der Waals surface area contributed by atoms with Crippen molar-refractivity contribution in [3.8, 4) is 0 Å². The Morgan fingerprint density at radius 1 is 1.12 bits per heavy atom. The maximum atomic E-state index is 12.3. The third kappa shape index (κ3) is 3.70. The van der Waals surface area contributed by atoms with Gasteiger partial charge < -0.3 is 10.2 Å². The topological polar surface area (TPSA) is 32.3 Å². The number of hydrogen-bond donors (Lipinski definition) is 1. The van der Waals surface area contributed by atoms with E-state index in [1.807, 2.05) is 11.9 Å². The lowest BCUT2D eigenvalue weighted by Gasteiger charge is -2.25. The van der Waals surface area contributed by atoms with Crippen molar-refractivity contribution in [2.75, 3.05) is 20.1 Å². The summed E-state index contributed by atoms with van der Waals surface area (Å²) in [5.41, 5.74) is 0. The van der Waals surface area contributed by atoms with Gasteiger partial charge in [0.25, 0.3) is 0 Å². The van der Waals surface area contributed by atoms with E-state index in [-0.39, 0.29) is 6.04 Å². The van der Waals surface area contributed by atoms with Gasteiger partial charge in [-0.25, -0.2) is 0 Å². The number of nitrogens with one attached hydrogen (secondary N) is 1. The molecule has 2 aliphatic rings. The van der Waals surface area contributed by atoms with Crippen LogP contribution in [0.5, 0.6) is 0 Å². The molecule has 1 saturated carbocycles. The first-order valence-corrected chi connectivity index (χ1v) is 7.26. The highest BCUT2D eigenvalue weighted by atomic mass is 16.2. The van der Waals surface area contributed by atoms with E-state index in [1.54, 1.807) is 0 Å². The Morgan fingerprint density at radius 2 is 1.82 bits per heavy atom. The molecule has 1 atom stereocenters. The molecule has 1 saturated heterocycles. The number of carbonyl (C=O) groups is 1. The van der Waals surface area contributed by atoms with E-state index in [9.17, 15) is 4.79 Å². The monoisotopic (exact) mass is 238 g/mol. The highest BCUT2D eigenvalue weighted by molar-refractivity contribution is 5.81. The highest BCUT2D eigenvalue weighted by Crippen LogP contribution is 2.25. The van der Waals surface area contributed by atoms with Crippen LogP contribution >= 0.6 is 0 Å². The van der Waals surface area contributed by atoms with E-state index in [4.69, 9.17) is 0 Å². The van der Waals surface area contributed by atoms with Gasteiger partial charge >= 0.3 is 0 Å². The summed E-state index contributed by atoms with van der Waals surface area (Å²) in [7, 11) is 1.98. The lowest BCUT2D eigenvalue weighted by molar-refractivity contribution is -0.132. The number of rotatable bonds is 3. The first-order chi connectivity index (χ1) is 8.27. The van der Waals surface area contributed by atoms with Crippen molar-refractivity contribution in [3.05, 3.63) is 0 Å². The normalized spacial score (nSPS) is 26.8. The molecule has 0 aromatic rings. The second-order valence-electron chi connectivity index (χ2n) is 5.73. The molecule has 98 valence electrons. The van der Waals surface area contributed by atoms with Gasteiger partial charge in [-0.15, -0.1) is 0 Å². The molecular weight excluding hydrogens is 212 g/mol. The van der Waals surface area contributed by atoms with Crippen molar-refractivity contribution in [2.45, 2.75) is 57.4 Å². The fourth-order valence-electron chi connectivity index (χ4n) is 3.18. The molecule has 1 N–H and O–H groups in total. The summed E-state index contributed by atoms with van der Waals surface area (Å²) in [5, 5.41) is 3.40. The Hall–Kier alpha value is -0.570. The Bertz CT molecular complexity index is 241. The average Bonchev–Trinajstić information content (AvgIpc) is 2.68. The molecule has 17 heavy (non-hydrogen) atoms. The Morgan fingerprint density at radius 3 is 2.59 bits per heavy atom.